The maximum absolute atomic E-state index is 13.8. The number of nitro groups is 1. The molecule has 0 spiro atoms. The van der Waals surface area contributed by atoms with Crippen LogP contribution in [-0.4, -0.2) is 61.1 Å². The number of rotatable bonds is 13. The molecule has 3 heterocycles. The zero-order valence-electron chi connectivity index (χ0n) is 25.2. The lowest BCUT2D eigenvalue weighted by Gasteiger charge is -2.27. The maximum atomic E-state index is 13.8. The first-order chi connectivity index (χ1) is 21.5. The van der Waals surface area contributed by atoms with Crippen molar-refractivity contribution in [1.29, 1.82) is 0 Å². The summed E-state index contributed by atoms with van der Waals surface area (Å²) < 4.78 is 17.6. The van der Waals surface area contributed by atoms with E-state index in [2.05, 4.69) is 10.2 Å². The van der Waals surface area contributed by atoms with Crippen LogP contribution in [0.2, 0.25) is 0 Å². The van der Waals surface area contributed by atoms with Crippen molar-refractivity contribution >= 4 is 17.5 Å². The molecule has 1 saturated heterocycles. The van der Waals surface area contributed by atoms with Gasteiger partial charge in [0.05, 0.1) is 42.3 Å². The van der Waals surface area contributed by atoms with Crippen LogP contribution in [-0.2, 0) is 20.7 Å². The number of hydrogen-bond acceptors (Lipinski definition) is 9. The van der Waals surface area contributed by atoms with Crippen molar-refractivity contribution in [2.45, 2.75) is 51.5 Å². The van der Waals surface area contributed by atoms with Crippen LogP contribution >= 0.6 is 0 Å². The average molecular weight is 601 g/mol. The Balaban J connectivity index is 1.40. The van der Waals surface area contributed by atoms with E-state index in [1.807, 2.05) is 30.3 Å². The van der Waals surface area contributed by atoms with E-state index in [4.69, 9.17) is 18.9 Å². The molecule has 0 aliphatic carbocycles. The lowest BCUT2D eigenvalue weighted by molar-refractivity contribution is -0.385. The lowest BCUT2D eigenvalue weighted by Crippen LogP contribution is -2.36. The molecule has 2 aliphatic heterocycles. The fraction of sp³-hybridized carbons (Fsp3) is 0.412. The van der Waals surface area contributed by atoms with E-state index in [-0.39, 0.29) is 24.5 Å². The van der Waals surface area contributed by atoms with E-state index >= 15 is 0 Å². The predicted octanol–water partition coefficient (Wildman–Crippen LogP) is 5.91. The first kappa shape index (κ1) is 31.2. The van der Waals surface area contributed by atoms with E-state index in [0.29, 0.717) is 41.4 Å². The van der Waals surface area contributed by atoms with E-state index < -0.39 is 16.9 Å². The molecule has 44 heavy (non-hydrogen) atoms. The van der Waals surface area contributed by atoms with E-state index in [9.17, 15) is 14.9 Å². The fourth-order valence-electron chi connectivity index (χ4n) is 5.61. The first-order valence-electron chi connectivity index (χ1n) is 15.4. The van der Waals surface area contributed by atoms with E-state index in [1.165, 1.54) is 31.7 Å². The molecule has 0 saturated carbocycles. The summed E-state index contributed by atoms with van der Waals surface area (Å²) in [6, 6.07) is 17.6. The summed E-state index contributed by atoms with van der Waals surface area (Å²) in [5.41, 5.74) is 2.93. The van der Waals surface area contributed by atoms with Crippen molar-refractivity contribution in [3.05, 3.63) is 111 Å². The molecule has 10 heteroatoms. The third-order valence-electron chi connectivity index (χ3n) is 8.03. The van der Waals surface area contributed by atoms with Crippen LogP contribution in [0, 0.1) is 17.0 Å². The van der Waals surface area contributed by atoms with Gasteiger partial charge in [0.25, 0.3) is 5.69 Å². The molecule has 1 atom stereocenters. The Labute approximate surface area is 257 Å². The van der Waals surface area contributed by atoms with Crippen LogP contribution in [0.3, 0.4) is 0 Å². The van der Waals surface area contributed by atoms with Crippen molar-refractivity contribution in [3.8, 4) is 0 Å². The lowest BCUT2D eigenvalue weighted by atomic mass is 9.94. The van der Waals surface area contributed by atoms with Gasteiger partial charge < -0.3 is 24.1 Å². The van der Waals surface area contributed by atoms with Gasteiger partial charge in [-0.15, -0.1) is 0 Å². The second-order valence-corrected chi connectivity index (χ2v) is 11.2. The Morgan fingerprint density at radius 3 is 2.59 bits per heavy atom. The van der Waals surface area contributed by atoms with Gasteiger partial charge in [-0.1, -0.05) is 55.3 Å². The minimum absolute atomic E-state index is 0.0402. The molecular formula is C34H40N4O6. The minimum atomic E-state index is -0.860. The molecule has 232 valence electrons. The Hall–Kier alpha value is -4.28. The number of carbonyl (C=O) groups excluding carboxylic acids is 1. The monoisotopic (exact) mass is 600 g/mol. The first-order valence-corrected chi connectivity index (χ1v) is 15.4. The molecule has 1 unspecified atom stereocenters. The van der Waals surface area contributed by atoms with Crippen molar-refractivity contribution in [3.63, 3.8) is 0 Å². The predicted molar refractivity (Wildman–Crippen MR) is 167 cm³/mol. The van der Waals surface area contributed by atoms with Crippen molar-refractivity contribution < 1.29 is 23.6 Å². The summed E-state index contributed by atoms with van der Waals surface area (Å²) in [6.45, 7) is 5.45. The maximum Gasteiger partial charge on any atom is 0.338 e. The number of nitrogens with zero attached hydrogens (tertiary/aromatic N) is 3. The summed E-state index contributed by atoms with van der Waals surface area (Å²) in [6.07, 6.45) is 7.88. The van der Waals surface area contributed by atoms with Crippen molar-refractivity contribution in [1.82, 2.24) is 10.2 Å². The van der Waals surface area contributed by atoms with Crippen molar-refractivity contribution in [2.75, 3.05) is 39.5 Å². The van der Waals surface area contributed by atoms with Crippen LogP contribution in [0.1, 0.15) is 60.6 Å². The quantitative estimate of drug-likeness (QED) is 0.111. The summed E-state index contributed by atoms with van der Waals surface area (Å²) in [7, 11) is 0. The SMILES string of the molecule is Cc1ccc(C2N=C(c3ccco3)NC(COCCN3CCCCCC3)=C2C(=O)OCCCc2ccccc2)cc1[N+](=O)[O-]. The smallest absolute Gasteiger partial charge is 0.338 e. The van der Waals surface area contributed by atoms with Crippen LogP contribution in [0.4, 0.5) is 5.69 Å². The Kier molecular flexibility index (Phi) is 10.9. The highest BCUT2D eigenvalue weighted by Crippen LogP contribution is 2.35. The number of carbonyl (C=O) groups is 1. The van der Waals surface area contributed by atoms with E-state index in [1.54, 1.807) is 37.5 Å². The summed E-state index contributed by atoms with van der Waals surface area (Å²) >= 11 is 0. The Bertz CT molecular complexity index is 1460. The number of benzene rings is 2. The number of amidine groups is 1. The normalized spacial score (nSPS) is 17.5. The number of aliphatic imine (C=N–C) groups is 1. The van der Waals surface area contributed by atoms with Gasteiger partial charge >= 0.3 is 5.97 Å². The molecule has 5 rings (SSSR count). The number of furan rings is 1. The molecule has 2 aromatic carbocycles. The largest absolute Gasteiger partial charge is 0.462 e. The second-order valence-electron chi connectivity index (χ2n) is 11.2. The number of nitro benzene ring substituents is 1. The summed E-state index contributed by atoms with van der Waals surface area (Å²) in [4.78, 5) is 32.4. The third-order valence-corrected chi connectivity index (χ3v) is 8.03. The molecular weight excluding hydrogens is 560 g/mol. The number of ether oxygens (including phenoxy) is 2. The van der Waals surface area contributed by atoms with Gasteiger partial charge in [-0.2, -0.15) is 0 Å². The average Bonchev–Trinajstić information content (AvgIpc) is 3.46. The molecule has 3 aromatic rings. The molecule has 1 N–H and O–H groups in total. The highest BCUT2D eigenvalue weighted by Gasteiger charge is 2.34. The number of nitrogens with one attached hydrogen (secondary N) is 1. The molecule has 0 bridgehead atoms. The van der Waals surface area contributed by atoms with Crippen LogP contribution < -0.4 is 5.32 Å². The zero-order valence-corrected chi connectivity index (χ0v) is 25.2. The van der Waals surface area contributed by atoms with Crippen molar-refractivity contribution in [2.24, 2.45) is 4.99 Å². The number of hydrogen-bond donors (Lipinski definition) is 1. The molecule has 1 aromatic heterocycles. The molecule has 1 fully saturated rings. The van der Waals surface area contributed by atoms with Gasteiger partial charge in [0.1, 0.15) is 6.04 Å². The number of esters is 1. The van der Waals surface area contributed by atoms with Gasteiger partial charge in [0, 0.05) is 18.2 Å². The van der Waals surface area contributed by atoms with Gasteiger partial charge in [0.15, 0.2) is 11.6 Å². The molecule has 2 aliphatic rings. The highest BCUT2D eigenvalue weighted by atomic mass is 16.6. The minimum Gasteiger partial charge on any atom is -0.462 e. The van der Waals surface area contributed by atoms with Crippen LogP contribution in [0.25, 0.3) is 0 Å². The van der Waals surface area contributed by atoms with E-state index in [0.717, 1.165) is 31.6 Å². The number of likely N-dealkylation sites (tertiary alicyclic amines) is 1. The molecule has 10 nitrogen and oxygen atoms in total. The van der Waals surface area contributed by atoms with Gasteiger partial charge in [-0.25, -0.2) is 4.79 Å². The van der Waals surface area contributed by atoms with Gasteiger partial charge in [-0.3, -0.25) is 15.1 Å². The third kappa shape index (κ3) is 8.21. The second kappa shape index (κ2) is 15.4. The summed E-state index contributed by atoms with van der Waals surface area (Å²) in [5.74, 6) is 0.357. The van der Waals surface area contributed by atoms with Crippen LogP contribution in [0.5, 0.6) is 0 Å². The number of aryl methyl sites for hydroxylation is 2. The topological polar surface area (TPSA) is 119 Å². The Morgan fingerprint density at radius 1 is 1.07 bits per heavy atom. The molecule has 0 amide bonds. The summed E-state index contributed by atoms with van der Waals surface area (Å²) in [5, 5.41) is 15.1. The van der Waals surface area contributed by atoms with Crippen LogP contribution in [0.15, 0.2) is 87.6 Å². The Morgan fingerprint density at radius 2 is 1.86 bits per heavy atom. The zero-order chi connectivity index (χ0) is 30.7. The van der Waals surface area contributed by atoms with Gasteiger partial charge in [-0.05, 0) is 69.0 Å². The van der Waals surface area contributed by atoms with Gasteiger partial charge in [0.2, 0.25) is 0 Å². The highest BCUT2D eigenvalue weighted by molar-refractivity contribution is 6.02. The molecule has 0 radical (unpaired) electrons. The fourth-order valence-corrected chi connectivity index (χ4v) is 5.61. The standard InChI is InChI=1S/C34H40N4O6/c1-25-15-16-27(23-29(25)38(40)41)32-31(34(39)44-21-9-13-26-11-5-4-6-12-26)28(35-33(36-32)30-14-10-20-43-30)24-42-22-19-37-17-7-2-3-8-18-37/h4-6,10-12,14-16,20,23,32H,2-3,7-9,13,17-19,21-22,24H2,1H3,(H,35,36).